The lowest BCUT2D eigenvalue weighted by Gasteiger charge is -2.46. The summed E-state index contributed by atoms with van der Waals surface area (Å²) in [6.07, 6.45) is 2.36. The van der Waals surface area contributed by atoms with Crippen LogP contribution >= 0.6 is 23.5 Å². The second-order valence-electron chi connectivity index (χ2n) is 19.1. The molecule has 6 heteroatoms. The smallest absolute Gasteiger partial charge is 0.333 e. The Bertz CT molecular complexity index is 3650. The van der Waals surface area contributed by atoms with Gasteiger partial charge in [-0.05, 0) is 123 Å². The van der Waals surface area contributed by atoms with Crippen molar-refractivity contribution in [3.05, 3.63) is 150 Å². The standard InChI is InChI=1S/C55H41BN2OS2/c1-30-23-37-38(55(4,5)22-21-54(37,2)3)27-40(30)58-42-29-49-48(60-46-19-10-11-20-47(46)61-49)26-36(42)51-50-34-15-8-9-18-44(34)59-45(50)28-43-52(51)56(58)39-17-12-16-33-35-24-31-13-6-7-14-32(31)25-41(35)57(43)53(33)39/h6-20,23-29H,21-22H2,1-5H3. The normalized spacial score (nSPS) is 16.5. The van der Waals surface area contributed by atoms with E-state index in [0.29, 0.717) is 0 Å². The van der Waals surface area contributed by atoms with E-state index < -0.39 is 0 Å². The minimum absolute atomic E-state index is 0.0594. The molecule has 4 aliphatic rings. The SMILES string of the molecule is Cc1cc2c(cc1N1B3c4c(cc5oc6ccccc6c5c4-c4cc5c(cc41)Sc1ccccc1S5)-n1c4cc5ccccc5cc4c4cccc3c41)C(C)(C)CCC2(C)C. The van der Waals surface area contributed by atoms with Gasteiger partial charge in [0.15, 0.2) is 0 Å². The molecule has 0 fully saturated rings. The molecule has 0 N–H and O–H groups in total. The van der Waals surface area contributed by atoms with Gasteiger partial charge in [-0.3, -0.25) is 0 Å². The number of rotatable bonds is 1. The zero-order valence-corrected chi connectivity index (χ0v) is 36.4. The van der Waals surface area contributed by atoms with E-state index in [0.717, 1.165) is 11.2 Å². The van der Waals surface area contributed by atoms with Gasteiger partial charge in [0.25, 0.3) is 0 Å². The zero-order chi connectivity index (χ0) is 40.7. The summed E-state index contributed by atoms with van der Waals surface area (Å²) in [5.41, 5.74) is 17.9. The molecule has 14 rings (SSSR count). The highest BCUT2D eigenvalue weighted by molar-refractivity contribution is 8.05. The molecule has 0 atom stereocenters. The Morgan fingerprint density at radius 1 is 0.574 bits per heavy atom. The number of hydrogen-bond donors (Lipinski definition) is 0. The van der Waals surface area contributed by atoms with E-state index in [9.17, 15) is 0 Å². The van der Waals surface area contributed by atoms with Crippen LogP contribution in [0.2, 0.25) is 0 Å². The molecule has 8 aromatic carbocycles. The van der Waals surface area contributed by atoms with Crippen LogP contribution in [0.15, 0.2) is 157 Å². The van der Waals surface area contributed by atoms with E-state index in [-0.39, 0.29) is 17.7 Å². The van der Waals surface area contributed by atoms with E-state index in [1.807, 2.05) is 23.5 Å². The van der Waals surface area contributed by atoms with Crippen molar-refractivity contribution >= 4 is 107 Å². The number of furan rings is 1. The Morgan fingerprint density at radius 2 is 1.25 bits per heavy atom. The van der Waals surface area contributed by atoms with Crippen LogP contribution in [-0.2, 0) is 10.8 Å². The van der Waals surface area contributed by atoms with Gasteiger partial charge in [0.2, 0.25) is 0 Å². The average Bonchev–Trinajstić information content (AvgIpc) is 3.80. The van der Waals surface area contributed by atoms with Gasteiger partial charge in [-0.2, -0.15) is 0 Å². The first-order chi connectivity index (χ1) is 29.6. The molecular formula is C55H41BN2OS2. The van der Waals surface area contributed by atoms with Crippen molar-refractivity contribution in [2.45, 2.75) is 77.9 Å². The zero-order valence-electron chi connectivity index (χ0n) is 34.8. The van der Waals surface area contributed by atoms with Gasteiger partial charge in [0, 0.05) is 69.8 Å². The predicted molar refractivity (Wildman–Crippen MR) is 259 cm³/mol. The molecule has 0 saturated carbocycles. The fourth-order valence-electron chi connectivity index (χ4n) is 11.6. The van der Waals surface area contributed by atoms with Crippen molar-refractivity contribution in [3.63, 3.8) is 0 Å². The van der Waals surface area contributed by atoms with Crippen LogP contribution < -0.4 is 15.7 Å². The van der Waals surface area contributed by atoms with Crippen LogP contribution in [0.3, 0.4) is 0 Å². The summed E-state index contributed by atoms with van der Waals surface area (Å²) in [7, 11) is 0. The summed E-state index contributed by atoms with van der Waals surface area (Å²) in [5.74, 6) is 0. The molecule has 0 spiro atoms. The fourth-order valence-corrected chi connectivity index (χ4v) is 13.9. The number of nitrogens with zero attached hydrogens (tertiary/aromatic N) is 2. The molecule has 1 aliphatic carbocycles. The van der Waals surface area contributed by atoms with Crippen molar-refractivity contribution in [1.82, 2.24) is 4.57 Å². The molecule has 3 nitrogen and oxygen atoms in total. The lowest BCUT2D eigenvalue weighted by Crippen LogP contribution is -2.60. The average molecular weight is 821 g/mol. The van der Waals surface area contributed by atoms with E-state index in [1.165, 1.54) is 132 Å². The highest BCUT2D eigenvalue weighted by Crippen LogP contribution is 2.57. The maximum atomic E-state index is 6.94. The van der Waals surface area contributed by atoms with E-state index in [2.05, 4.69) is 177 Å². The number of hydrogen-bond acceptors (Lipinski definition) is 4. The van der Waals surface area contributed by atoms with Crippen LogP contribution in [0.4, 0.5) is 11.4 Å². The second-order valence-corrected chi connectivity index (χ2v) is 21.3. The summed E-state index contributed by atoms with van der Waals surface area (Å²) in [6, 6.07) is 50.9. The van der Waals surface area contributed by atoms with Crippen LogP contribution in [0.5, 0.6) is 0 Å². The molecule has 2 aromatic heterocycles. The number of anilines is 2. The minimum atomic E-state index is -0.0893. The molecule has 61 heavy (non-hydrogen) atoms. The maximum Gasteiger partial charge on any atom is 0.333 e. The number of aromatic nitrogens is 1. The van der Waals surface area contributed by atoms with Gasteiger partial charge < -0.3 is 13.8 Å². The third kappa shape index (κ3) is 4.54. The van der Waals surface area contributed by atoms with E-state index in [1.54, 1.807) is 0 Å². The van der Waals surface area contributed by atoms with Gasteiger partial charge in [-0.1, -0.05) is 130 Å². The monoisotopic (exact) mass is 820 g/mol. The number of para-hydroxylation sites is 2. The quantitative estimate of drug-likeness (QED) is 0.154. The Morgan fingerprint density at radius 3 is 2.03 bits per heavy atom. The lowest BCUT2D eigenvalue weighted by atomic mass is 9.43. The van der Waals surface area contributed by atoms with Gasteiger partial charge in [0.05, 0.1) is 11.0 Å². The van der Waals surface area contributed by atoms with Crippen LogP contribution in [0, 0.1) is 6.92 Å². The molecule has 3 aliphatic heterocycles. The van der Waals surface area contributed by atoms with Crippen LogP contribution in [0.25, 0.3) is 71.3 Å². The number of fused-ring (bicyclic) bond motifs is 15. The molecule has 0 unspecified atom stereocenters. The molecule has 10 aromatic rings. The summed E-state index contributed by atoms with van der Waals surface area (Å²) in [4.78, 5) is 8.02. The molecule has 0 saturated heterocycles. The van der Waals surface area contributed by atoms with Gasteiger partial charge in [-0.25, -0.2) is 0 Å². The Balaban J connectivity index is 1.17. The van der Waals surface area contributed by atoms with Gasteiger partial charge >= 0.3 is 6.85 Å². The van der Waals surface area contributed by atoms with Gasteiger partial charge in [-0.15, -0.1) is 0 Å². The highest BCUT2D eigenvalue weighted by Gasteiger charge is 2.47. The minimum Gasteiger partial charge on any atom is -0.456 e. The van der Waals surface area contributed by atoms with Crippen molar-refractivity contribution in [3.8, 4) is 16.8 Å². The van der Waals surface area contributed by atoms with E-state index >= 15 is 0 Å². The van der Waals surface area contributed by atoms with Crippen molar-refractivity contribution < 1.29 is 4.42 Å². The topological polar surface area (TPSA) is 21.3 Å². The van der Waals surface area contributed by atoms with Crippen LogP contribution in [0.1, 0.15) is 57.2 Å². The summed E-state index contributed by atoms with van der Waals surface area (Å²) in [5, 5.41) is 7.46. The second kappa shape index (κ2) is 11.8. The molecular weight excluding hydrogens is 780 g/mol. The van der Waals surface area contributed by atoms with E-state index in [4.69, 9.17) is 4.42 Å². The van der Waals surface area contributed by atoms with Crippen molar-refractivity contribution in [2.24, 2.45) is 0 Å². The largest absolute Gasteiger partial charge is 0.456 e. The third-order valence-electron chi connectivity index (χ3n) is 14.7. The molecule has 5 heterocycles. The molecule has 0 radical (unpaired) electrons. The number of aryl methyl sites for hydroxylation is 1. The summed E-state index contributed by atoms with van der Waals surface area (Å²) >= 11 is 3.82. The first-order valence-corrected chi connectivity index (χ1v) is 23.3. The predicted octanol–water partition coefficient (Wildman–Crippen LogP) is 14.3. The Kier molecular flexibility index (Phi) is 6.72. The van der Waals surface area contributed by atoms with Gasteiger partial charge in [0.1, 0.15) is 11.2 Å². The first kappa shape index (κ1) is 34.8. The molecule has 0 amide bonds. The molecule has 0 bridgehead atoms. The first-order valence-electron chi connectivity index (χ1n) is 21.7. The summed E-state index contributed by atoms with van der Waals surface area (Å²) in [6.45, 7) is 12.1. The maximum absolute atomic E-state index is 6.94. The number of benzene rings is 8. The van der Waals surface area contributed by atoms with Crippen LogP contribution in [-0.4, -0.2) is 11.4 Å². The van der Waals surface area contributed by atoms with Crippen molar-refractivity contribution in [2.75, 3.05) is 4.81 Å². The highest BCUT2D eigenvalue weighted by atomic mass is 32.2. The summed E-state index contributed by atoms with van der Waals surface area (Å²) < 4.78 is 9.52. The Labute approximate surface area is 363 Å². The fraction of sp³-hybridized carbons (Fsp3) is 0.164. The third-order valence-corrected chi connectivity index (χ3v) is 17.3. The Hall–Kier alpha value is -5.82. The lowest BCUT2D eigenvalue weighted by molar-refractivity contribution is 0.332. The molecule has 292 valence electrons. The van der Waals surface area contributed by atoms with Crippen molar-refractivity contribution in [1.29, 1.82) is 0 Å².